The number of imidazole rings is 1. The SMILES string of the molecule is CCn1c2ccccc2n2c(SCc3ccccc3Cl)nnc12. The van der Waals surface area contributed by atoms with Crippen molar-refractivity contribution in [1.29, 1.82) is 0 Å². The van der Waals surface area contributed by atoms with E-state index in [0.29, 0.717) is 0 Å². The first-order valence-electron chi connectivity index (χ1n) is 7.48. The molecule has 0 aliphatic rings. The van der Waals surface area contributed by atoms with Gasteiger partial charge in [-0.1, -0.05) is 53.7 Å². The number of halogens is 1. The van der Waals surface area contributed by atoms with Gasteiger partial charge in [0.15, 0.2) is 5.16 Å². The number of thioether (sulfide) groups is 1. The zero-order valence-electron chi connectivity index (χ0n) is 12.6. The number of para-hydroxylation sites is 2. The fourth-order valence-electron chi connectivity index (χ4n) is 2.80. The van der Waals surface area contributed by atoms with Gasteiger partial charge < -0.3 is 4.57 Å². The summed E-state index contributed by atoms with van der Waals surface area (Å²) in [5.74, 6) is 1.65. The molecule has 2 aromatic heterocycles. The second-order valence-electron chi connectivity index (χ2n) is 5.23. The van der Waals surface area contributed by atoms with Crippen LogP contribution in [0.5, 0.6) is 0 Å². The Labute approximate surface area is 143 Å². The lowest BCUT2D eigenvalue weighted by Crippen LogP contribution is -1.94. The summed E-state index contributed by atoms with van der Waals surface area (Å²) in [7, 11) is 0. The van der Waals surface area contributed by atoms with Crippen LogP contribution in [0.1, 0.15) is 12.5 Å². The van der Waals surface area contributed by atoms with Gasteiger partial charge in [0.2, 0.25) is 5.78 Å². The van der Waals surface area contributed by atoms with Gasteiger partial charge in [-0.15, -0.1) is 10.2 Å². The van der Waals surface area contributed by atoms with Gasteiger partial charge in [0, 0.05) is 17.3 Å². The van der Waals surface area contributed by atoms with Gasteiger partial charge in [-0.2, -0.15) is 0 Å². The Morgan fingerprint density at radius 3 is 2.52 bits per heavy atom. The molecule has 0 fully saturated rings. The lowest BCUT2D eigenvalue weighted by Gasteiger charge is -2.02. The van der Waals surface area contributed by atoms with Crippen molar-refractivity contribution in [2.45, 2.75) is 24.4 Å². The predicted octanol–water partition coefficient (Wildman–Crippen LogP) is 4.65. The normalized spacial score (nSPS) is 11.6. The van der Waals surface area contributed by atoms with E-state index in [2.05, 4.69) is 44.3 Å². The summed E-state index contributed by atoms with van der Waals surface area (Å²) in [6.45, 7) is 2.99. The van der Waals surface area contributed by atoms with E-state index in [1.807, 2.05) is 30.3 Å². The number of aryl methyl sites for hydroxylation is 1. The van der Waals surface area contributed by atoms with Crippen LogP contribution in [0, 0.1) is 0 Å². The molecule has 2 heterocycles. The topological polar surface area (TPSA) is 35.1 Å². The Balaban J connectivity index is 1.78. The first-order chi connectivity index (χ1) is 11.3. The van der Waals surface area contributed by atoms with Gasteiger partial charge in [0.05, 0.1) is 11.0 Å². The molecule has 4 rings (SSSR count). The minimum Gasteiger partial charge on any atom is -0.309 e. The van der Waals surface area contributed by atoms with E-state index in [0.717, 1.165) is 39.3 Å². The van der Waals surface area contributed by atoms with Crippen molar-refractivity contribution in [1.82, 2.24) is 19.2 Å². The fraction of sp³-hybridized carbons (Fsp3) is 0.176. The third kappa shape index (κ3) is 2.40. The third-order valence-corrected chi connectivity index (χ3v) is 5.25. The number of nitrogens with zero attached hydrogens (tertiary/aromatic N) is 4. The van der Waals surface area contributed by atoms with Gasteiger partial charge in [-0.25, -0.2) is 0 Å². The van der Waals surface area contributed by atoms with Gasteiger partial charge in [0.1, 0.15) is 0 Å². The molecule has 0 spiro atoms. The van der Waals surface area contributed by atoms with Crippen molar-refractivity contribution >= 4 is 40.2 Å². The van der Waals surface area contributed by atoms with Crippen LogP contribution in [0.15, 0.2) is 53.7 Å². The number of rotatable bonds is 4. The number of aromatic nitrogens is 4. The van der Waals surface area contributed by atoms with Crippen molar-refractivity contribution in [3.8, 4) is 0 Å². The third-order valence-electron chi connectivity index (χ3n) is 3.90. The minimum atomic E-state index is 0.770. The maximum atomic E-state index is 6.24. The zero-order valence-corrected chi connectivity index (χ0v) is 14.2. The average Bonchev–Trinajstić information content (AvgIpc) is 3.12. The van der Waals surface area contributed by atoms with E-state index in [4.69, 9.17) is 11.6 Å². The summed E-state index contributed by atoms with van der Waals surface area (Å²) in [5, 5.41) is 10.4. The molecular weight excluding hydrogens is 328 g/mol. The van der Waals surface area contributed by atoms with Gasteiger partial charge >= 0.3 is 0 Å². The predicted molar refractivity (Wildman–Crippen MR) is 95.2 cm³/mol. The van der Waals surface area contributed by atoms with E-state index in [1.54, 1.807) is 11.8 Å². The molecule has 0 aliphatic heterocycles. The number of benzene rings is 2. The molecule has 6 heteroatoms. The van der Waals surface area contributed by atoms with Crippen LogP contribution in [-0.4, -0.2) is 19.2 Å². The summed E-state index contributed by atoms with van der Waals surface area (Å²) < 4.78 is 4.31. The Kier molecular flexibility index (Phi) is 3.75. The molecule has 0 aliphatic carbocycles. The van der Waals surface area contributed by atoms with Crippen molar-refractivity contribution < 1.29 is 0 Å². The van der Waals surface area contributed by atoms with Crippen LogP contribution in [0.2, 0.25) is 5.02 Å². The molecule has 2 aromatic carbocycles. The van der Waals surface area contributed by atoms with Crippen LogP contribution in [-0.2, 0) is 12.3 Å². The zero-order chi connectivity index (χ0) is 15.8. The lowest BCUT2D eigenvalue weighted by molar-refractivity contribution is 0.802. The van der Waals surface area contributed by atoms with E-state index in [1.165, 1.54) is 5.52 Å². The Morgan fingerprint density at radius 2 is 1.74 bits per heavy atom. The summed E-state index contributed by atoms with van der Waals surface area (Å²) in [4.78, 5) is 0. The second-order valence-corrected chi connectivity index (χ2v) is 6.58. The highest BCUT2D eigenvalue weighted by molar-refractivity contribution is 7.98. The highest BCUT2D eigenvalue weighted by Gasteiger charge is 2.16. The van der Waals surface area contributed by atoms with Crippen molar-refractivity contribution in [3.05, 3.63) is 59.1 Å². The Bertz CT molecular complexity index is 989. The molecule has 0 atom stereocenters. The van der Waals surface area contributed by atoms with Gasteiger partial charge in [-0.3, -0.25) is 4.40 Å². The summed E-state index contributed by atoms with van der Waals surface area (Å²) in [6.07, 6.45) is 0. The molecule has 0 saturated heterocycles. The monoisotopic (exact) mass is 342 g/mol. The Morgan fingerprint density at radius 1 is 1.00 bits per heavy atom. The van der Waals surface area contributed by atoms with Crippen molar-refractivity contribution in [2.75, 3.05) is 0 Å². The van der Waals surface area contributed by atoms with E-state index < -0.39 is 0 Å². The second kappa shape index (κ2) is 5.91. The fourth-order valence-corrected chi connectivity index (χ4v) is 4.03. The van der Waals surface area contributed by atoms with Gasteiger partial charge in [0.25, 0.3) is 0 Å². The first-order valence-corrected chi connectivity index (χ1v) is 8.84. The minimum absolute atomic E-state index is 0.770. The number of hydrogen-bond donors (Lipinski definition) is 0. The van der Waals surface area contributed by atoms with Crippen LogP contribution in [0.25, 0.3) is 16.8 Å². The smallest absolute Gasteiger partial charge is 0.237 e. The molecule has 23 heavy (non-hydrogen) atoms. The first kappa shape index (κ1) is 14.6. The molecule has 0 radical (unpaired) electrons. The molecule has 0 unspecified atom stereocenters. The maximum absolute atomic E-state index is 6.24. The number of hydrogen-bond acceptors (Lipinski definition) is 3. The quantitative estimate of drug-likeness (QED) is 0.506. The molecule has 116 valence electrons. The Hall–Kier alpha value is -1.98. The van der Waals surface area contributed by atoms with Crippen LogP contribution >= 0.6 is 23.4 Å². The van der Waals surface area contributed by atoms with E-state index in [9.17, 15) is 0 Å². The molecule has 0 saturated carbocycles. The van der Waals surface area contributed by atoms with Crippen LogP contribution in [0.4, 0.5) is 0 Å². The van der Waals surface area contributed by atoms with Crippen LogP contribution < -0.4 is 0 Å². The van der Waals surface area contributed by atoms with E-state index in [-0.39, 0.29) is 0 Å². The van der Waals surface area contributed by atoms with Crippen molar-refractivity contribution in [3.63, 3.8) is 0 Å². The largest absolute Gasteiger partial charge is 0.309 e. The molecule has 0 bridgehead atoms. The van der Waals surface area contributed by atoms with Crippen molar-refractivity contribution in [2.24, 2.45) is 0 Å². The molecule has 0 amide bonds. The molecular formula is C17H15ClN4S. The summed E-state index contributed by atoms with van der Waals surface area (Å²) in [5.41, 5.74) is 3.42. The summed E-state index contributed by atoms with van der Waals surface area (Å²) in [6, 6.07) is 16.2. The van der Waals surface area contributed by atoms with Gasteiger partial charge in [-0.05, 0) is 30.7 Å². The number of fused-ring (bicyclic) bond motifs is 3. The highest BCUT2D eigenvalue weighted by Crippen LogP contribution is 2.29. The molecule has 4 nitrogen and oxygen atoms in total. The molecule has 0 N–H and O–H groups in total. The highest BCUT2D eigenvalue weighted by atomic mass is 35.5. The lowest BCUT2D eigenvalue weighted by atomic mass is 10.2. The molecule has 4 aromatic rings. The standard InChI is InChI=1S/C17H15ClN4S/c1-2-21-14-9-5-6-10-15(14)22-16(21)19-20-17(22)23-11-12-7-3-4-8-13(12)18/h3-10H,2,11H2,1H3. The maximum Gasteiger partial charge on any atom is 0.237 e. The summed E-state index contributed by atoms with van der Waals surface area (Å²) >= 11 is 7.90. The van der Waals surface area contributed by atoms with Crippen LogP contribution in [0.3, 0.4) is 0 Å². The average molecular weight is 343 g/mol. The van der Waals surface area contributed by atoms with E-state index >= 15 is 0 Å².